The Morgan fingerprint density at radius 1 is 1.41 bits per heavy atom. The summed E-state index contributed by atoms with van der Waals surface area (Å²) in [6, 6.07) is 9.58. The number of nitriles is 1. The Kier molecular flexibility index (Phi) is 3.16. The van der Waals surface area contributed by atoms with Gasteiger partial charge < -0.3 is 5.73 Å². The predicted molar refractivity (Wildman–Crippen MR) is 66.1 cm³/mol. The number of hydrogen-bond acceptors (Lipinski definition) is 3. The van der Waals surface area contributed by atoms with Crippen LogP contribution in [-0.2, 0) is 11.3 Å². The van der Waals surface area contributed by atoms with E-state index in [1.807, 2.05) is 30.3 Å². The first-order valence-electron chi connectivity index (χ1n) is 5.05. The van der Waals surface area contributed by atoms with E-state index in [4.69, 9.17) is 11.0 Å². The van der Waals surface area contributed by atoms with Crippen molar-refractivity contribution in [2.45, 2.75) is 13.0 Å². The van der Waals surface area contributed by atoms with Crippen molar-refractivity contribution in [3.8, 4) is 6.07 Å². The van der Waals surface area contributed by atoms with Crippen LogP contribution in [-0.4, -0.2) is 10.8 Å². The number of carbonyl (C=O) groups is 1. The van der Waals surface area contributed by atoms with Gasteiger partial charge in [-0.3, -0.25) is 9.69 Å². The molecule has 0 aromatic heterocycles. The molecule has 1 aliphatic rings. The van der Waals surface area contributed by atoms with E-state index < -0.39 is 0 Å². The van der Waals surface area contributed by atoms with E-state index in [0.29, 0.717) is 12.1 Å². The van der Waals surface area contributed by atoms with Crippen molar-refractivity contribution in [1.82, 2.24) is 4.90 Å². The summed E-state index contributed by atoms with van der Waals surface area (Å²) < 4.78 is 0.982. The summed E-state index contributed by atoms with van der Waals surface area (Å²) in [5.41, 5.74) is 7.08. The molecule has 0 radical (unpaired) electrons. The molecular formula is C12H10BrN3O. The zero-order valence-corrected chi connectivity index (χ0v) is 10.6. The standard InChI is InChI=1S/C12H10BrN3O/c13-10-3-1-8(2-4-10)7-16-11(17)5-9(6-14)12(16)15/h1-4H,5,7,15H2. The zero-order chi connectivity index (χ0) is 12.4. The minimum atomic E-state index is -0.123. The van der Waals surface area contributed by atoms with Gasteiger partial charge in [0.05, 0.1) is 24.6 Å². The fourth-order valence-corrected chi connectivity index (χ4v) is 1.94. The predicted octanol–water partition coefficient (Wildman–Crippen LogP) is 1.88. The minimum Gasteiger partial charge on any atom is -0.384 e. The Morgan fingerprint density at radius 3 is 2.59 bits per heavy atom. The van der Waals surface area contributed by atoms with Crippen molar-refractivity contribution in [3.05, 3.63) is 45.7 Å². The molecular weight excluding hydrogens is 282 g/mol. The maximum Gasteiger partial charge on any atom is 0.233 e. The van der Waals surface area contributed by atoms with Crippen LogP contribution in [0.25, 0.3) is 0 Å². The van der Waals surface area contributed by atoms with Crippen LogP contribution in [0.4, 0.5) is 0 Å². The van der Waals surface area contributed by atoms with Crippen LogP contribution in [0.2, 0.25) is 0 Å². The molecule has 0 atom stereocenters. The molecule has 5 heteroatoms. The van der Waals surface area contributed by atoms with Crippen LogP contribution in [0.3, 0.4) is 0 Å². The third-order valence-corrected chi connectivity index (χ3v) is 3.15. The second kappa shape index (κ2) is 4.60. The highest BCUT2D eigenvalue weighted by Gasteiger charge is 2.28. The van der Waals surface area contributed by atoms with Crippen LogP contribution in [0, 0.1) is 11.3 Å². The topological polar surface area (TPSA) is 70.1 Å². The average molecular weight is 292 g/mol. The highest BCUT2D eigenvalue weighted by molar-refractivity contribution is 9.10. The van der Waals surface area contributed by atoms with E-state index in [1.54, 1.807) is 0 Å². The summed E-state index contributed by atoms with van der Waals surface area (Å²) in [7, 11) is 0. The molecule has 4 nitrogen and oxygen atoms in total. The third kappa shape index (κ3) is 2.32. The van der Waals surface area contributed by atoms with Gasteiger partial charge in [0.2, 0.25) is 5.91 Å². The van der Waals surface area contributed by atoms with E-state index >= 15 is 0 Å². The number of amides is 1. The molecule has 1 aromatic carbocycles. The minimum absolute atomic E-state index is 0.110. The number of nitrogens with zero attached hydrogens (tertiary/aromatic N) is 2. The summed E-state index contributed by atoms with van der Waals surface area (Å²) in [6.45, 7) is 0.406. The first-order valence-corrected chi connectivity index (χ1v) is 5.84. The summed E-state index contributed by atoms with van der Waals surface area (Å²) in [5.74, 6) is 0.155. The molecule has 1 amide bonds. The number of carbonyl (C=O) groups excluding carboxylic acids is 1. The molecule has 86 valence electrons. The molecule has 17 heavy (non-hydrogen) atoms. The second-order valence-electron chi connectivity index (χ2n) is 3.76. The summed E-state index contributed by atoms with van der Waals surface area (Å²) in [4.78, 5) is 13.1. The third-order valence-electron chi connectivity index (χ3n) is 2.62. The van der Waals surface area contributed by atoms with Gasteiger partial charge in [0.1, 0.15) is 5.82 Å². The number of halogens is 1. The molecule has 1 aromatic rings. The number of hydrogen-bond donors (Lipinski definition) is 1. The number of nitrogens with two attached hydrogens (primary N) is 1. The molecule has 0 spiro atoms. The second-order valence-corrected chi connectivity index (χ2v) is 4.67. The Balaban J connectivity index is 2.20. The molecule has 0 fully saturated rings. The molecule has 2 rings (SSSR count). The van der Waals surface area contributed by atoms with Crippen LogP contribution in [0.15, 0.2) is 40.1 Å². The summed E-state index contributed by atoms with van der Waals surface area (Å²) in [5, 5.41) is 8.80. The quantitative estimate of drug-likeness (QED) is 0.904. The van der Waals surface area contributed by atoms with Crippen LogP contribution < -0.4 is 5.73 Å². The van der Waals surface area contributed by atoms with Crippen LogP contribution in [0.1, 0.15) is 12.0 Å². The van der Waals surface area contributed by atoms with Crippen molar-refractivity contribution in [2.75, 3.05) is 0 Å². The fourth-order valence-electron chi connectivity index (χ4n) is 1.68. The smallest absolute Gasteiger partial charge is 0.233 e. The molecule has 0 bridgehead atoms. The molecule has 2 N–H and O–H groups in total. The van der Waals surface area contributed by atoms with Crippen LogP contribution >= 0.6 is 15.9 Å². The number of benzene rings is 1. The van der Waals surface area contributed by atoms with Gasteiger partial charge in [0.25, 0.3) is 0 Å². The van der Waals surface area contributed by atoms with Gasteiger partial charge in [-0.2, -0.15) is 5.26 Å². The van der Waals surface area contributed by atoms with Crippen LogP contribution in [0.5, 0.6) is 0 Å². The van der Waals surface area contributed by atoms with Gasteiger partial charge in [-0.15, -0.1) is 0 Å². The molecule has 0 aliphatic carbocycles. The number of rotatable bonds is 2. The average Bonchev–Trinajstić information content (AvgIpc) is 2.59. The highest BCUT2D eigenvalue weighted by atomic mass is 79.9. The van der Waals surface area contributed by atoms with E-state index in [9.17, 15) is 4.79 Å². The Bertz CT molecular complexity index is 528. The normalized spacial score (nSPS) is 15.3. The highest BCUT2D eigenvalue weighted by Crippen LogP contribution is 2.22. The Hall–Kier alpha value is -1.80. The van der Waals surface area contributed by atoms with Gasteiger partial charge in [-0.1, -0.05) is 28.1 Å². The molecule has 1 heterocycles. The summed E-state index contributed by atoms with van der Waals surface area (Å²) in [6.07, 6.45) is 0.110. The molecule has 1 aliphatic heterocycles. The lowest BCUT2D eigenvalue weighted by molar-refractivity contribution is -0.127. The van der Waals surface area contributed by atoms with E-state index in [-0.39, 0.29) is 18.1 Å². The maximum atomic E-state index is 11.7. The lowest BCUT2D eigenvalue weighted by Crippen LogP contribution is -2.28. The SMILES string of the molecule is N#CC1=C(N)N(Cc2ccc(Br)cc2)C(=O)C1. The van der Waals surface area contributed by atoms with E-state index in [1.165, 1.54) is 4.90 Å². The van der Waals surface area contributed by atoms with Gasteiger partial charge in [-0.25, -0.2) is 0 Å². The molecule has 0 unspecified atom stereocenters. The Labute approximate surface area is 107 Å². The fraction of sp³-hybridized carbons (Fsp3) is 0.167. The maximum absolute atomic E-state index is 11.7. The van der Waals surface area contributed by atoms with Gasteiger partial charge in [-0.05, 0) is 17.7 Å². The van der Waals surface area contributed by atoms with Gasteiger partial charge in [0, 0.05) is 4.47 Å². The van der Waals surface area contributed by atoms with Crippen molar-refractivity contribution in [1.29, 1.82) is 5.26 Å². The van der Waals surface area contributed by atoms with Gasteiger partial charge >= 0.3 is 0 Å². The largest absolute Gasteiger partial charge is 0.384 e. The lowest BCUT2D eigenvalue weighted by atomic mass is 10.2. The van der Waals surface area contributed by atoms with E-state index in [2.05, 4.69) is 15.9 Å². The zero-order valence-electron chi connectivity index (χ0n) is 8.98. The Morgan fingerprint density at radius 2 is 2.06 bits per heavy atom. The van der Waals surface area contributed by atoms with Gasteiger partial charge in [0.15, 0.2) is 0 Å². The molecule has 0 saturated heterocycles. The lowest BCUT2D eigenvalue weighted by Gasteiger charge is -2.17. The monoisotopic (exact) mass is 291 g/mol. The van der Waals surface area contributed by atoms with Crippen molar-refractivity contribution >= 4 is 21.8 Å². The van der Waals surface area contributed by atoms with Crippen molar-refractivity contribution < 1.29 is 4.79 Å². The molecule has 0 saturated carbocycles. The summed E-state index contributed by atoms with van der Waals surface area (Å²) >= 11 is 3.35. The van der Waals surface area contributed by atoms with Crippen molar-refractivity contribution in [3.63, 3.8) is 0 Å². The van der Waals surface area contributed by atoms with Crippen molar-refractivity contribution in [2.24, 2.45) is 5.73 Å². The van der Waals surface area contributed by atoms with E-state index in [0.717, 1.165) is 10.0 Å². The first kappa shape index (κ1) is 11.7. The first-order chi connectivity index (χ1) is 8.11.